The van der Waals surface area contributed by atoms with E-state index in [2.05, 4.69) is 17.1 Å². The zero-order valence-electron chi connectivity index (χ0n) is 10.5. The molecule has 0 aliphatic heterocycles. The molecule has 2 aromatic rings. The number of benzene rings is 1. The topological polar surface area (TPSA) is 48.1 Å². The maximum atomic E-state index is 6.21. The molecule has 2 N–H and O–H groups in total. The predicted octanol–water partition coefficient (Wildman–Crippen LogP) is 2.72. The highest BCUT2D eigenvalue weighted by atomic mass is 16.5. The maximum absolute atomic E-state index is 6.21. The summed E-state index contributed by atoms with van der Waals surface area (Å²) < 4.78 is 5.28. The minimum Gasteiger partial charge on any atom is -0.495 e. The Bertz CT molecular complexity index is 485. The first kappa shape index (κ1) is 12.6. The van der Waals surface area contributed by atoms with Crippen molar-refractivity contribution in [2.24, 2.45) is 5.73 Å². The molecular formula is C15H18N2O. The molecule has 0 fully saturated rings. The van der Waals surface area contributed by atoms with Gasteiger partial charge in [0.15, 0.2) is 0 Å². The van der Waals surface area contributed by atoms with Crippen LogP contribution in [0.5, 0.6) is 5.75 Å². The Morgan fingerprint density at radius 2 is 2.00 bits per heavy atom. The van der Waals surface area contributed by atoms with Gasteiger partial charge < -0.3 is 10.5 Å². The molecule has 0 aliphatic rings. The van der Waals surface area contributed by atoms with Crippen molar-refractivity contribution in [3.8, 4) is 5.75 Å². The van der Waals surface area contributed by atoms with Crippen LogP contribution in [0.15, 0.2) is 48.8 Å². The molecule has 0 saturated heterocycles. The van der Waals surface area contributed by atoms with Gasteiger partial charge in [-0.25, -0.2) is 0 Å². The van der Waals surface area contributed by atoms with E-state index in [4.69, 9.17) is 10.5 Å². The minimum absolute atomic E-state index is 0.0249. The number of pyridine rings is 1. The number of nitrogens with two attached hydrogens (primary N) is 1. The summed E-state index contributed by atoms with van der Waals surface area (Å²) in [6, 6.07) is 12.3. The highest BCUT2D eigenvalue weighted by molar-refractivity contribution is 5.32. The molecule has 0 aliphatic carbocycles. The van der Waals surface area contributed by atoms with Crippen LogP contribution in [0.1, 0.15) is 23.6 Å². The summed E-state index contributed by atoms with van der Waals surface area (Å²) in [6.45, 7) is 0. The fourth-order valence-corrected chi connectivity index (χ4v) is 1.99. The number of aromatic nitrogens is 1. The van der Waals surface area contributed by atoms with Gasteiger partial charge in [-0.3, -0.25) is 4.98 Å². The lowest BCUT2D eigenvalue weighted by atomic mass is 10.00. The van der Waals surface area contributed by atoms with E-state index in [9.17, 15) is 0 Å². The SMILES string of the molecule is COc1cnccc1C(N)CCc1ccccc1. The van der Waals surface area contributed by atoms with E-state index in [-0.39, 0.29) is 6.04 Å². The molecule has 1 atom stereocenters. The number of rotatable bonds is 5. The van der Waals surface area contributed by atoms with Gasteiger partial charge in [0.25, 0.3) is 0 Å². The first-order valence-electron chi connectivity index (χ1n) is 6.08. The van der Waals surface area contributed by atoms with Crippen molar-refractivity contribution in [3.63, 3.8) is 0 Å². The molecular weight excluding hydrogens is 224 g/mol. The van der Waals surface area contributed by atoms with Crippen LogP contribution in [0.4, 0.5) is 0 Å². The predicted molar refractivity (Wildman–Crippen MR) is 72.5 cm³/mol. The first-order chi connectivity index (χ1) is 8.81. The number of methoxy groups -OCH3 is 1. The van der Waals surface area contributed by atoms with Gasteiger partial charge >= 0.3 is 0 Å². The van der Waals surface area contributed by atoms with E-state index in [1.807, 2.05) is 24.3 Å². The zero-order chi connectivity index (χ0) is 12.8. The molecule has 1 aromatic heterocycles. The molecule has 0 bridgehead atoms. The van der Waals surface area contributed by atoms with Crippen molar-refractivity contribution < 1.29 is 4.74 Å². The number of ether oxygens (including phenoxy) is 1. The molecule has 0 amide bonds. The molecule has 0 spiro atoms. The number of hydrogen-bond donors (Lipinski definition) is 1. The molecule has 3 nitrogen and oxygen atoms in total. The van der Waals surface area contributed by atoms with E-state index in [0.29, 0.717) is 0 Å². The summed E-state index contributed by atoms with van der Waals surface area (Å²) >= 11 is 0. The van der Waals surface area contributed by atoms with Gasteiger partial charge in [0, 0.05) is 17.8 Å². The molecule has 1 heterocycles. The Labute approximate surface area is 108 Å². The van der Waals surface area contributed by atoms with Crippen molar-refractivity contribution in [1.29, 1.82) is 0 Å². The average molecular weight is 242 g/mol. The first-order valence-corrected chi connectivity index (χ1v) is 6.08. The lowest BCUT2D eigenvalue weighted by Crippen LogP contribution is -2.12. The molecule has 0 saturated carbocycles. The Morgan fingerprint density at radius 3 is 2.72 bits per heavy atom. The highest BCUT2D eigenvalue weighted by Gasteiger charge is 2.11. The van der Waals surface area contributed by atoms with Gasteiger partial charge in [0.2, 0.25) is 0 Å². The third-order valence-corrected chi connectivity index (χ3v) is 3.02. The van der Waals surface area contributed by atoms with Crippen molar-refractivity contribution in [3.05, 3.63) is 59.9 Å². The van der Waals surface area contributed by atoms with Crippen molar-refractivity contribution in [1.82, 2.24) is 4.98 Å². The maximum Gasteiger partial charge on any atom is 0.141 e. The van der Waals surface area contributed by atoms with E-state index < -0.39 is 0 Å². The Morgan fingerprint density at radius 1 is 1.22 bits per heavy atom. The average Bonchev–Trinajstić information content (AvgIpc) is 2.45. The number of nitrogens with zero attached hydrogens (tertiary/aromatic N) is 1. The summed E-state index contributed by atoms with van der Waals surface area (Å²) in [6.07, 6.45) is 5.32. The van der Waals surface area contributed by atoms with Crippen molar-refractivity contribution in [2.75, 3.05) is 7.11 Å². The highest BCUT2D eigenvalue weighted by Crippen LogP contribution is 2.25. The summed E-state index contributed by atoms with van der Waals surface area (Å²) in [7, 11) is 1.64. The fourth-order valence-electron chi connectivity index (χ4n) is 1.99. The second-order valence-corrected chi connectivity index (χ2v) is 4.25. The molecule has 1 aromatic carbocycles. The lowest BCUT2D eigenvalue weighted by molar-refractivity contribution is 0.402. The van der Waals surface area contributed by atoms with E-state index >= 15 is 0 Å². The van der Waals surface area contributed by atoms with Gasteiger partial charge in [0.05, 0.1) is 13.3 Å². The quantitative estimate of drug-likeness (QED) is 0.877. The normalized spacial score (nSPS) is 12.1. The standard InChI is InChI=1S/C15H18N2O/c1-18-15-11-17-10-9-13(15)14(16)8-7-12-5-3-2-4-6-12/h2-6,9-11,14H,7-8,16H2,1H3. The van der Waals surface area contributed by atoms with Crippen molar-refractivity contribution >= 4 is 0 Å². The molecule has 0 radical (unpaired) electrons. The Kier molecular flexibility index (Phi) is 4.31. The van der Waals surface area contributed by atoms with Gasteiger partial charge in [-0.05, 0) is 24.5 Å². The van der Waals surface area contributed by atoms with Crippen LogP contribution in [0.2, 0.25) is 0 Å². The van der Waals surface area contributed by atoms with E-state index in [1.165, 1.54) is 5.56 Å². The smallest absolute Gasteiger partial charge is 0.141 e. The van der Waals surface area contributed by atoms with Gasteiger partial charge in [0.1, 0.15) is 5.75 Å². The van der Waals surface area contributed by atoms with Crippen LogP contribution in [0.25, 0.3) is 0 Å². The van der Waals surface area contributed by atoms with Crippen LogP contribution in [0, 0.1) is 0 Å². The van der Waals surface area contributed by atoms with Gasteiger partial charge in [-0.15, -0.1) is 0 Å². The Balaban J connectivity index is 2.01. The van der Waals surface area contributed by atoms with Gasteiger partial charge in [-0.1, -0.05) is 30.3 Å². The molecule has 1 unspecified atom stereocenters. The second kappa shape index (κ2) is 6.17. The molecule has 18 heavy (non-hydrogen) atoms. The summed E-state index contributed by atoms with van der Waals surface area (Å²) in [5, 5.41) is 0. The van der Waals surface area contributed by atoms with E-state index in [1.54, 1.807) is 19.5 Å². The summed E-state index contributed by atoms with van der Waals surface area (Å²) in [5.74, 6) is 0.762. The monoisotopic (exact) mass is 242 g/mol. The van der Waals surface area contributed by atoms with Crippen LogP contribution in [-0.4, -0.2) is 12.1 Å². The lowest BCUT2D eigenvalue weighted by Gasteiger charge is -2.15. The minimum atomic E-state index is -0.0249. The second-order valence-electron chi connectivity index (χ2n) is 4.25. The summed E-state index contributed by atoms with van der Waals surface area (Å²) in [5.41, 5.74) is 8.53. The third kappa shape index (κ3) is 3.08. The number of hydrogen-bond acceptors (Lipinski definition) is 3. The Hall–Kier alpha value is -1.87. The van der Waals surface area contributed by atoms with Crippen LogP contribution >= 0.6 is 0 Å². The third-order valence-electron chi connectivity index (χ3n) is 3.02. The van der Waals surface area contributed by atoms with Gasteiger partial charge in [-0.2, -0.15) is 0 Å². The fraction of sp³-hybridized carbons (Fsp3) is 0.267. The van der Waals surface area contributed by atoms with Crippen LogP contribution in [0.3, 0.4) is 0 Å². The summed E-state index contributed by atoms with van der Waals surface area (Å²) in [4.78, 5) is 4.04. The van der Waals surface area contributed by atoms with Crippen LogP contribution < -0.4 is 10.5 Å². The van der Waals surface area contributed by atoms with Crippen molar-refractivity contribution in [2.45, 2.75) is 18.9 Å². The zero-order valence-corrected chi connectivity index (χ0v) is 10.5. The largest absolute Gasteiger partial charge is 0.495 e. The molecule has 2 rings (SSSR count). The molecule has 94 valence electrons. The van der Waals surface area contributed by atoms with E-state index in [0.717, 1.165) is 24.2 Å². The van der Waals surface area contributed by atoms with Crippen LogP contribution in [-0.2, 0) is 6.42 Å². The molecule has 3 heteroatoms. The number of aryl methyl sites for hydroxylation is 1.